The molecule has 1 heterocycles. The first-order valence-corrected chi connectivity index (χ1v) is 3.48. The molecule has 1 unspecified atom stereocenters. The molecule has 0 spiro atoms. The zero-order chi connectivity index (χ0) is 7.82. The SMILES string of the molecule is ClCC1CO1.O=CC#CCl. The minimum Gasteiger partial charge on any atom is -0.372 e. The lowest BCUT2D eigenvalue weighted by Crippen LogP contribution is -1.80. The first-order chi connectivity index (χ1) is 4.85. The van der Waals surface area contributed by atoms with E-state index in [4.69, 9.17) is 32.7 Å². The van der Waals surface area contributed by atoms with Crippen molar-refractivity contribution in [3.8, 4) is 11.3 Å². The highest BCUT2D eigenvalue weighted by Crippen LogP contribution is 2.08. The number of hydrogen-bond donors (Lipinski definition) is 0. The van der Waals surface area contributed by atoms with Gasteiger partial charge in [-0.05, 0) is 17.5 Å². The van der Waals surface area contributed by atoms with E-state index in [2.05, 4.69) is 0 Å². The topological polar surface area (TPSA) is 29.6 Å². The molecule has 1 aliphatic rings. The average Bonchev–Trinajstić information content (AvgIpc) is 2.72. The van der Waals surface area contributed by atoms with Gasteiger partial charge in [0, 0.05) is 5.38 Å². The molecule has 10 heavy (non-hydrogen) atoms. The van der Waals surface area contributed by atoms with Crippen LogP contribution in [0.2, 0.25) is 0 Å². The first-order valence-electron chi connectivity index (χ1n) is 2.57. The lowest BCUT2D eigenvalue weighted by Gasteiger charge is -1.67. The Bertz CT molecular complexity index is 144. The predicted molar refractivity (Wildman–Crippen MR) is 40.2 cm³/mol. The van der Waals surface area contributed by atoms with Crippen molar-refractivity contribution in [3.05, 3.63) is 0 Å². The molecule has 2 nitrogen and oxygen atoms in total. The van der Waals surface area contributed by atoms with E-state index in [0.717, 1.165) is 6.61 Å². The molecule has 1 aliphatic heterocycles. The molecule has 0 saturated carbocycles. The minimum atomic E-state index is 0.400. The second kappa shape index (κ2) is 6.88. The molecular formula is C6H6Cl2O2. The maximum absolute atomic E-state index is 9.15. The maximum Gasteiger partial charge on any atom is 0.194 e. The highest BCUT2D eigenvalue weighted by atomic mass is 35.5. The van der Waals surface area contributed by atoms with Gasteiger partial charge in [0.1, 0.15) is 0 Å². The predicted octanol–water partition coefficient (Wildman–Crippen LogP) is 1.01. The van der Waals surface area contributed by atoms with E-state index in [1.807, 2.05) is 11.3 Å². The zero-order valence-corrected chi connectivity index (χ0v) is 6.65. The standard InChI is InChI=1S/C3H5ClO.C3HClO/c4-1-3-2-5-3;4-2-1-3-5/h3H,1-2H2;3H. The van der Waals surface area contributed by atoms with Crippen molar-refractivity contribution >= 4 is 29.5 Å². The zero-order valence-electron chi connectivity index (χ0n) is 5.14. The lowest BCUT2D eigenvalue weighted by atomic mass is 10.6. The summed E-state index contributed by atoms with van der Waals surface area (Å²) < 4.78 is 4.73. The molecule has 0 N–H and O–H groups in total. The summed E-state index contributed by atoms with van der Waals surface area (Å²) >= 11 is 9.98. The van der Waals surface area contributed by atoms with Crippen molar-refractivity contribution in [2.75, 3.05) is 12.5 Å². The van der Waals surface area contributed by atoms with Crippen molar-refractivity contribution in [2.45, 2.75) is 6.10 Å². The van der Waals surface area contributed by atoms with Crippen LogP contribution in [0.3, 0.4) is 0 Å². The van der Waals surface area contributed by atoms with Crippen LogP contribution in [0.25, 0.3) is 0 Å². The molecule has 0 bridgehead atoms. The van der Waals surface area contributed by atoms with Gasteiger partial charge in [0.2, 0.25) is 0 Å². The number of ether oxygens (including phenoxy) is 1. The second-order valence-corrected chi connectivity index (χ2v) is 1.96. The summed E-state index contributed by atoms with van der Waals surface area (Å²) in [4.78, 5) is 9.15. The van der Waals surface area contributed by atoms with Crippen LogP contribution >= 0.6 is 23.2 Å². The summed E-state index contributed by atoms with van der Waals surface area (Å²) in [5, 5.41) is 1.87. The number of carbonyl (C=O) groups excluding carboxylic acids is 1. The maximum atomic E-state index is 9.15. The third-order valence-corrected chi connectivity index (χ3v) is 1.14. The van der Waals surface area contributed by atoms with Gasteiger partial charge in [-0.15, -0.1) is 11.6 Å². The van der Waals surface area contributed by atoms with Crippen LogP contribution in [-0.2, 0) is 9.53 Å². The molecule has 0 aromatic rings. The van der Waals surface area contributed by atoms with Gasteiger partial charge in [0.15, 0.2) is 6.29 Å². The van der Waals surface area contributed by atoms with E-state index in [9.17, 15) is 0 Å². The number of carbonyl (C=O) groups is 1. The molecule has 0 amide bonds. The third-order valence-electron chi connectivity index (χ3n) is 0.688. The van der Waals surface area contributed by atoms with E-state index in [-0.39, 0.29) is 0 Å². The van der Waals surface area contributed by atoms with Gasteiger partial charge in [-0.2, -0.15) is 0 Å². The fourth-order valence-corrected chi connectivity index (χ4v) is 0.402. The number of aldehydes is 1. The Morgan fingerprint density at radius 3 is 2.40 bits per heavy atom. The Morgan fingerprint density at radius 1 is 1.80 bits per heavy atom. The summed E-state index contributed by atoms with van der Waals surface area (Å²) in [5.74, 6) is 2.61. The second-order valence-electron chi connectivity index (χ2n) is 1.47. The first kappa shape index (κ1) is 9.77. The Hall–Kier alpha value is -0.230. The normalized spacial score (nSPS) is 19.2. The fourth-order valence-electron chi connectivity index (χ4n) is 0.179. The van der Waals surface area contributed by atoms with Gasteiger partial charge in [-0.1, -0.05) is 0 Å². The molecule has 1 saturated heterocycles. The number of alkyl halides is 1. The molecule has 0 aromatic carbocycles. The van der Waals surface area contributed by atoms with E-state index in [1.165, 1.54) is 0 Å². The molecule has 4 heteroatoms. The Morgan fingerprint density at radius 2 is 2.40 bits per heavy atom. The Balaban J connectivity index is 0.000000162. The van der Waals surface area contributed by atoms with Crippen LogP contribution < -0.4 is 0 Å². The van der Waals surface area contributed by atoms with Gasteiger partial charge in [0.05, 0.1) is 18.6 Å². The number of hydrogen-bond acceptors (Lipinski definition) is 2. The molecule has 1 atom stereocenters. The van der Waals surface area contributed by atoms with Crippen LogP contribution in [0.15, 0.2) is 0 Å². The van der Waals surface area contributed by atoms with Crippen LogP contribution in [0.4, 0.5) is 0 Å². The van der Waals surface area contributed by atoms with E-state index < -0.39 is 0 Å². The Labute approximate surface area is 69.4 Å². The summed E-state index contributed by atoms with van der Waals surface area (Å²) in [6.07, 6.45) is 0.837. The van der Waals surface area contributed by atoms with Gasteiger partial charge in [-0.3, -0.25) is 4.79 Å². The van der Waals surface area contributed by atoms with Crippen molar-refractivity contribution < 1.29 is 9.53 Å². The smallest absolute Gasteiger partial charge is 0.194 e. The summed E-state index contributed by atoms with van der Waals surface area (Å²) in [6, 6.07) is 0. The molecular weight excluding hydrogens is 175 g/mol. The highest BCUT2D eigenvalue weighted by Gasteiger charge is 2.19. The average molecular weight is 181 g/mol. The van der Waals surface area contributed by atoms with Gasteiger partial charge < -0.3 is 4.74 Å². The molecule has 0 radical (unpaired) electrons. The monoisotopic (exact) mass is 180 g/mol. The summed E-state index contributed by atoms with van der Waals surface area (Å²) in [7, 11) is 0. The summed E-state index contributed by atoms with van der Waals surface area (Å²) in [5.41, 5.74) is 0. The number of epoxide rings is 1. The van der Waals surface area contributed by atoms with Crippen molar-refractivity contribution in [1.29, 1.82) is 0 Å². The molecule has 1 rings (SSSR count). The molecule has 0 aromatic heterocycles. The van der Waals surface area contributed by atoms with Crippen molar-refractivity contribution in [2.24, 2.45) is 0 Å². The number of rotatable bonds is 1. The van der Waals surface area contributed by atoms with Crippen LogP contribution in [-0.4, -0.2) is 24.9 Å². The van der Waals surface area contributed by atoms with E-state index >= 15 is 0 Å². The quantitative estimate of drug-likeness (QED) is 0.261. The third kappa shape index (κ3) is 7.77. The fraction of sp³-hybridized carbons (Fsp3) is 0.500. The van der Waals surface area contributed by atoms with Gasteiger partial charge >= 0.3 is 0 Å². The minimum absolute atomic E-state index is 0.400. The van der Waals surface area contributed by atoms with E-state index in [1.54, 1.807) is 0 Å². The van der Waals surface area contributed by atoms with Crippen molar-refractivity contribution in [3.63, 3.8) is 0 Å². The largest absolute Gasteiger partial charge is 0.372 e. The van der Waals surface area contributed by atoms with Crippen LogP contribution in [0.1, 0.15) is 0 Å². The van der Waals surface area contributed by atoms with Gasteiger partial charge in [-0.25, -0.2) is 0 Å². The van der Waals surface area contributed by atoms with Crippen LogP contribution in [0.5, 0.6) is 0 Å². The molecule has 0 aliphatic carbocycles. The molecule has 56 valence electrons. The lowest BCUT2D eigenvalue weighted by molar-refractivity contribution is -0.103. The molecule has 1 fully saturated rings. The van der Waals surface area contributed by atoms with Crippen LogP contribution in [0, 0.1) is 11.3 Å². The highest BCUT2D eigenvalue weighted by molar-refractivity contribution is 6.31. The summed E-state index contributed by atoms with van der Waals surface area (Å²) in [6.45, 7) is 0.878. The number of halogens is 2. The van der Waals surface area contributed by atoms with E-state index in [0.29, 0.717) is 18.3 Å². The van der Waals surface area contributed by atoms with Gasteiger partial charge in [0.25, 0.3) is 0 Å². The Kier molecular flexibility index (Phi) is 6.73. The van der Waals surface area contributed by atoms with Crippen molar-refractivity contribution in [1.82, 2.24) is 0 Å².